The minimum Gasteiger partial charge on any atom is -0.223 e. The number of benzene rings is 1. The molecule has 1 rings (SSSR count). The highest BCUT2D eigenvalue weighted by Gasteiger charge is 2.20. The van der Waals surface area contributed by atoms with E-state index in [1.807, 2.05) is 24.3 Å². The SMILES string of the molecule is C=CCC(CC)c1cccc(S(=O)(=O)C(C)C)c1. The van der Waals surface area contributed by atoms with Crippen LogP contribution in [-0.2, 0) is 9.84 Å². The first-order valence-corrected chi connectivity index (χ1v) is 7.92. The lowest BCUT2D eigenvalue weighted by Gasteiger charge is -2.15. The molecule has 18 heavy (non-hydrogen) atoms. The molecule has 1 atom stereocenters. The zero-order valence-electron chi connectivity index (χ0n) is 11.4. The zero-order chi connectivity index (χ0) is 13.8. The lowest BCUT2D eigenvalue weighted by molar-refractivity contribution is 0.586. The van der Waals surface area contributed by atoms with Crippen LogP contribution in [0, 0.1) is 0 Å². The van der Waals surface area contributed by atoms with E-state index in [9.17, 15) is 8.42 Å². The highest BCUT2D eigenvalue weighted by Crippen LogP contribution is 2.26. The molecule has 0 heterocycles. The summed E-state index contributed by atoms with van der Waals surface area (Å²) in [6.45, 7) is 9.29. The molecule has 0 aliphatic rings. The molecule has 2 nitrogen and oxygen atoms in total. The monoisotopic (exact) mass is 266 g/mol. The summed E-state index contributed by atoms with van der Waals surface area (Å²) in [5.74, 6) is 0.352. The summed E-state index contributed by atoms with van der Waals surface area (Å²) in [5.41, 5.74) is 1.08. The highest BCUT2D eigenvalue weighted by atomic mass is 32.2. The van der Waals surface area contributed by atoms with Crippen molar-refractivity contribution in [3.8, 4) is 0 Å². The van der Waals surface area contributed by atoms with Gasteiger partial charge in [-0.2, -0.15) is 0 Å². The first kappa shape index (κ1) is 15.0. The minimum atomic E-state index is -3.18. The molecule has 0 fully saturated rings. The second-order valence-corrected chi connectivity index (χ2v) is 7.30. The van der Waals surface area contributed by atoms with Crippen LogP contribution >= 0.6 is 0 Å². The summed E-state index contributed by atoms with van der Waals surface area (Å²) in [7, 11) is -3.18. The van der Waals surface area contributed by atoms with Crippen molar-refractivity contribution in [1.82, 2.24) is 0 Å². The van der Waals surface area contributed by atoms with Crippen molar-refractivity contribution < 1.29 is 8.42 Å². The smallest absolute Gasteiger partial charge is 0.180 e. The second kappa shape index (κ2) is 6.19. The van der Waals surface area contributed by atoms with E-state index in [1.54, 1.807) is 19.9 Å². The first-order valence-electron chi connectivity index (χ1n) is 6.38. The van der Waals surface area contributed by atoms with E-state index in [1.165, 1.54) is 0 Å². The van der Waals surface area contributed by atoms with Gasteiger partial charge in [-0.1, -0.05) is 25.1 Å². The van der Waals surface area contributed by atoms with E-state index >= 15 is 0 Å². The van der Waals surface area contributed by atoms with Gasteiger partial charge in [0.1, 0.15) is 0 Å². The topological polar surface area (TPSA) is 34.1 Å². The van der Waals surface area contributed by atoms with Crippen LogP contribution in [0.5, 0.6) is 0 Å². The number of rotatable bonds is 6. The maximum Gasteiger partial charge on any atom is 0.180 e. The zero-order valence-corrected chi connectivity index (χ0v) is 12.2. The van der Waals surface area contributed by atoms with Gasteiger partial charge in [0, 0.05) is 0 Å². The fourth-order valence-corrected chi connectivity index (χ4v) is 3.07. The molecular weight excluding hydrogens is 244 g/mol. The van der Waals surface area contributed by atoms with Crippen molar-refractivity contribution in [3.63, 3.8) is 0 Å². The lowest BCUT2D eigenvalue weighted by Crippen LogP contribution is -2.14. The van der Waals surface area contributed by atoms with Gasteiger partial charge in [-0.25, -0.2) is 8.42 Å². The third-order valence-corrected chi connectivity index (χ3v) is 5.37. The Hall–Kier alpha value is -1.09. The predicted molar refractivity (Wildman–Crippen MR) is 76.6 cm³/mol. The fourth-order valence-electron chi connectivity index (χ4n) is 1.96. The Morgan fingerprint density at radius 2 is 2.00 bits per heavy atom. The summed E-state index contributed by atoms with van der Waals surface area (Å²) in [4.78, 5) is 0.428. The van der Waals surface area contributed by atoms with Crippen LogP contribution < -0.4 is 0 Å². The van der Waals surface area contributed by atoms with Crippen molar-refractivity contribution in [2.75, 3.05) is 0 Å². The average Bonchev–Trinajstić information content (AvgIpc) is 2.35. The van der Waals surface area contributed by atoms with Crippen LogP contribution in [-0.4, -0.2) is 13.7 Å². The molecular formula is C15H22O2S. The molecule has 0 saturated carbocycles. The van der Waals surface area contributed by atoms with Gasteiger partial charge in [-0.05, 0) is 50.3 Å². The van der Waals surface area contributed by atoms with Crippen LogP contribution in [0.25, 0.3) is 0 Å². The molecule has 0 aliphatic carbocycles. The number of hydrogen-bond acceptors (Lipinski definition) is 2. The standard InChI is InChI=1S/C15H22O2S/c1-5-8-13(6-2)14-9-7-10-15(11-14)18(16,17)12(3)4/h5,7,9-13H,1,6,8H2,2-4H3. The molecule has 0 amide bonds. The van der Waals surface area contributed by atoms with Crippen molar-refractivity contribution in [2.24, 2.45) is 0 Å². The largest absolute Gasteiger partial charge is 0.223 e. The van der Waals surface area contributed by atoms with E-state index < -0.39 is 9.84 Å². The number of allylic oxidation sites excluding steroid dienone is 1. The van der Waals surface area contributed by atoms with Gasteiger partial charge in [0.05, 0.1) is 10.1 Å². The minimum absolute atomic E-state index is 0.352. The summed E-state index contributed by atoms with van der Waals surface area (Å²) >= 11 is 0. The van der Waals surface area contributed by atoms with Gasteiger partial charge in [-0.15, -0.1) is 6.58 Å². The Morgan fingerprint density at radius 1 is 1.33 bits per heavy atom. The van der Waals surface area contributed by atoms with Crippen molar-refractivity contribution in [3.05, 3.63) is 42.5 Å². The maximum atomic E-state index is 12.1. The first-order chi connectivity index (χ1) is 8.43. The lowest BCUT2D eigenvalue weighted by atomic mass is 9.93. The second-order valence-electron chi connectivity index (χ2n) is 4.80. The molecule has 0 N–H and O–H groups in total. The third kappa shape index (κ3) is 3.22. The van der Waals surface area contributed by atoms with E-state index in [-0.39, 0.29) is 5.25 Å². The average molecular weight is 266 g/mol. The quantitative estimate of drug-likeness (QED) is 0.731. The van der Waals surface area contributed by atoms with Gasteiger partial charge < -0.3 is 0 Å². The van der Waals surface area contributed by atoms with Gasteiger partial charge in [0.25, 0.3) is 0 Å². The Labute approximate surface area is 111 Å². The summed E-state index contributed by atoms with van der Waals surface area (Å²) in [5, 5.41) is -0.382. The van der Waals surface area contributed by atoms with Crippen LogP contribution in [0.2, 0.25) is 0 Å². The molecule has 0 aromatic heterocycles. The summed E-state index contributed by atoms with van der Waals surface area (Å²) in [6.07, 6.45) is 3.75. The van der Waals surface area contributed by atoms with E-state index in [0.717, 1.165) is 18.4 Å². The van der Waals surface area contributed by atoms with Crippen molar-refractivity contribution in [1.29, 1.82) is 0 Å². The van der Waals surface area contributed by atoms with Crippen LogP contribution in [0.1, 0.15) is 45.1 Å². The highest BCUT2D eigenvalue weighted by molar-refractivity contribution is 7.92. The van der Waals surface area contributed by atoms with Crippen LogP contribution in [0.4, 0.5) is 0 Å². The molecule has 3 heteroatoms. The summed E-state index contributed by atoms with van der Waals surface area (Å²) in [6, 6.07) is 7.32. The van der Waals surface area contributed by atoms with E-state index in [0.29, 0.717) is 10.8 Å². The van der Waals surface area contributed by atoms with E-state index in [2.05, 4.69) is 13.5 Å². The number of hydrogen-bond donors (Lipinski definition) is 0. The Kier molecular flexibility index (Phi) is 5.15. The Bertz CT molecular complexity index is 501. The van der Waals surface area contributed by atoms with Gasteiger partial charge in [0.2, 0.25) is 0 Å². The molecule has 1 unspecified atom stereocenters. The van der Waals surface area contributed by atoms with E-state index in [4.69, 9.17) is 0 Å². The molecule has 0 radical (unpaired) electrons. The van der Waals surface area contributed by atoms with Gasteiger partial charge in [-0.3, -0.25) is 0 Å². The normalized spacial score (nSPS) is 13.6. The summed E-state index contributed by atoms with van der Waals surface area (Å²) < 4.78 is 24.3. The molecule has 1 aromatic carbocycles. The maximum absolute atomic E-state index is 12.1. The van der Waals surface area contributed by atoms with Crippen LogP contribution in [0.15, 0.2) is 41.8 Å². The molecule has 0 spiro atoms. The van der Waals surface area contributed by atoms with Crippen LogP contribution in [0.3, 0.4) is 0 Å². The molecule has 1 aromatic rings. The third-order valence-electron chi connectivity index (χ3n) is 3.22. The molecule has 0 saturated heterocycles. The van der Waals surface area contributed by atoms with Crippen molar-refractivity contribution >= 4 is 9.84 Å². The fraction of sp³-hybridized carbons (Fsp3) is 0.467. The van der Waals surface area contributed by atoms with Crippen molar-refractivity contribution in [2.45, 2.75) is 49.7 Å². The molecule has 0 aliphatic heterocycles. The molecule has 100 valence electrons. The Balaban J connectivity index is 3.17. The Morgan fingerprint density at radius 3 is 2.50 bits per heavy atom. The predicted octanol–water partition coefficient (Wildman–Crippen LogP) is 3.94. The molecule has 0 bridgehead atoms. The van der Waals surface area contributed by atoms with Gasteiger partial charge >= 0.3 is 0 Å². The number of sulfone groups is 1. The van der Waals surface area contributed by atoms with Gasteiger partial charge in [0.15, 0.2) is 9.84 Å².